The van der Waals surface area contributed by atoms with E-state index in [0.717, 1.165) is 13.0 Å². The van der Waals surface area contributed by atoms with Crippen molar-refractivity contribution in [1.29, 1.82) is 0 Å². The van der Waals surface area contributed by atoms with Gasteiger partial charge in [0, 0.05) is 0 Å². The van der Waals surface area contributed by atoms with Crippen molar-refractivity contribution >= 4 is 0 Å². The molecule has 0 fully saturated rings. The molecule has 0 saturated heterocycles. The number of rotatable bonds is 3. The standard InChI is InChI=1S/C8H15N/c1-3-4-5-8(2)6-7-9/h3-5H,6-7,9H2,1-2H3/b4-3-,8-5+. The van der Waals surface area contributed by atoms with Gasteiger partial charge in [0.1, 0.15) is 0 Å². The minimum atomic E-state index is 0.750. The predicted octanol–water partition coefficient (Wildman–Crippen LogP) is 1.86. The first-order valence-electron chi connectivity index (χ1n) is 3.29. The molecule has 52 valence electrons. The molecule has 0 aliphatic carbocycles. The van der Waals surface area contributed by atoms with Crippen molar-refractivity contribution in [2.45, 2.75) is 20.3 Å². The van der Waals surface area contributed by atoms with Gasteiger partial charge in [0.2, 0.25) is 0 Å². The Balaban J connectivity index is 3.55. The van der Waals surface area contributed by atoms with Gasteiger partial charge < -0.3 is 5.73 Å². The van der Waals surface area contributed by atoms with E-state index in [4.69, 9.17) is 5.73 Å². The molecule has 0 spiro atoms. The second-order valence-electron chi connectivity index (χ2n) is 2.08. The highest BCUT2D eigenvalue weighted by molar-refractivity contribution is 5.09. The summed E-state index contributed by atoms with van der Waals surface area (Å²) in [6.07, 6.45) is 7.14. The highest BCUT2D eigenvalue weighted by atomic mass is 14.5. The van der Waals surface area contributed by atoms with E-state index in [2.05, 4.69) is 13.0 Å². The van der Waals surface area contributed by atoms with Crippen molar-refractivity contribution in [3.63, 3.8) is 0 Å². The van der Waals surface area contributed by atoms with Crippen molar-refractivity contribution in [3.8, 4) is 0 Å². The average molecular weight is 125 g/mol. The van der Waals surface area contributed by atoms with Crippen LogP contribution in [0.4, 0.5) is 0 Å². The number of hydrogen-bond acceptors (Lipinski definition) is 1. The van der Waals surface area contributed by atoms with Crippen LogP contribution in [-0.2, 0) is 0 Å². The molecule has 9 heavy (non-hydrogen) atoms. The summed E-state index contributed by atoms with van der Waals surface area (Å²) in [6, 6.07) is 0. The molecule has 0 heterocycles. The molecule has 0 bridgehead atoms. The average Bonchev–Trinajstić information content (AvgIpc) is 1.85. The Morgan fingerprint density at radius 1 is 1.56 bits per heavy atom. The van der Waals surface area contributed by atoms with E-state index in [9.17, 15) is 0 Å². The molecule has 0 aromatic heterocycles. The van der Waals surface area contributed by atoms with E-state index in [1.807, 2.05) is 19.1 Å². The summed E-state index contributed by atoms with van der Waals surface area (Å²) in [6.45, 7) is 4.85. The van der Waals surface area contributed by atoms with Gasteiger partial charge in [0.05, 0.1) is 0 Å². The van der Waals surface area contributed by atoms with Crippen LogP contribution in [0.3, 0.4) is 0 Å². The van der Waals surface area contributed by atoms with E-state index in [0.29, 0.717) is 0 Å². The normalized spacial score (nSPS) is 13.0. The van der Waals surface area contributed by atoms with Gasteiger partial charge in [-0.05, 0) is 26.8 Å². The van der Waals surface area contributed by atoms with Crippen LogP contribution in [-0.4, -0.2) is 6.54 Å². The molecule has 0 saturated carbocycles. The predicted molar refractivity (Wildman–Crippen MR) is 42.2 cm³/mol. The first-order chi connectivity index (χ1) is 4.31. The van der Waals surface area contributed by atoms with Crippen LogP contribution in [0.2, 0.25) is 0 Å². The van der Waals surface area contributed by atoms with Crippen LogP contribution in [0.5, 0.6) is 0 Å². The summed E-state index contributed by atoms with van der Waals surface area (Å²) in [5, 5.41) is 0. The molecular formula is C8H15N. The minimum absolute atomic E-state index is 0.750. The monoisotopic (exact) mass is 125 g/mol. The molecule has 0 rings (SSSR count). The Kier molecular flexibility index (Phi) is 5.23. The minimum Gasteiger partial charge on any atom is -0.330 e. The van der Waals surface area contributed by atoms with Gasteiger partial charge in [-0.15, -0.1) is 0 Å². The summed E-state index contributed by atoms with van der Waals surface area (Å²) < 4.78 is 0. The fourth-order valence-electron chi connectivity index (χ4n) is 0.571. The van der Waals surface area contributed by atoms with E-state index < -0.39 is 0 Å². The maximum Gasteiger partial charge on any atom is -0.00399 e. The summed E-state index contributed by atoms with van der Waals surface area (Å²) in [5.74, 6) is 0. The molecule has 1 heteroatoms. The van der Waals surface area contributed by atoms with Gasteiger partial charge in [-0.3, -0.25) is 0 Å². The molecule has 0 aliphatic heterocycles. The van der Waals surface area contributed by atoms with Crippen LogP contribution in [0.1, 0.15) is 20.3 Å². The maximum absolute atomic E-state index is 5.34. The second-order valence-corrected chi connectivity index (χ2v) is 2.08. The van der Waals surface area contributed by atoms with Crippen molar-refractivity contribution < 1.29 is 0 Å². The first kappa shape index (κ1) is 8.44. The van der Waals surface area contributed by atoms with E-state index >= 15 is 0 Å². The van der Waals surface area contributed by atoms with Crippen molar-refractivity contribution in [1.82, 2.24) is 0 Å². The SMILES string of the molecule is C/C=C\C=C(/C)CCN. The zero-order valence-corrected chi connectivity index (χ0v) is 6.22. The lowest BCUT2D eigenvalue weighted by Gasteiger charge is -1.92. The highest BCUT2D eigenvalue weighted by Crippen LogP contribution is 1.96. The Morgan fingerprint density at radius 2 is 2.22 bits per heavy atom. The second kappa shape index (κ2) is 5.57. The Hall–Kier alpha value is -0.560. The summed E-state index contributed by atoms with van der Waals surface area (Å²) >= 11 is 0. The van der Waals surface area contributed by atoms with Crippen LogP contribution in [0.25, 0.3) is 0 Å². The first-order valence-corrected chi connectivity index (χ1v) is 3.29. The van der Waals surface area contributed by atoms with Crippen LogP contribution >= 0.6 is 0 Å². The number of nitrogens with two attached hydrogens (primary N) is 1. The maximum atomic E-state index is 5.34. The third kappa shape index (κ3) is 5.31. The quantitative estimate of drug-likeness (QED) is 0.572. The van der Waals surface area contributed by atoms with Gasteiger partial charge in [-0.25, -0.2) is 0 Å². The molecule has 0 aliphatic rings. The molecule has 2 N–H and O–H groups in total. The van der Waals surface area contributed by atoms with Crippen LogP contribution in [0, 0.1) is 0 Å². The third-order valence-electron chi connectivity index (χ3n) is 1.11. The fraction of sp³-hybridized carbons (Fsp3) is 0.500. The largest absolute Gasteiger partial charge is 0.330 e. The topological polar surface area (TPSA) is 26.0 Å². The Bertz CT molecular complexity index is 112. The van der Waals surface area contributed by atoms with Gasteiger partial charge >= 0.3 is 0 Å². The lowest BCUT2D eigenvalue weighted by molar-refractivity contribution is 0.950. The fourth-order valence-corrected chi connectivity index (χ4v) is 0.571. The van der Waals surface area contributed by atoms with E-state index in [-0.39, 0.29) is 0 Å². The molecular weight excluding hydrogens is 110 g/mol. The van der Waals surface area contributed by atoms with Crippen molar-refractivity contribution in [3.05, 3.63) is 23.8 Å². The third-order valence-corrected chi connectivity index (χ3v) is 1.11. The van der Waals surface area contributed by atoms with Gasteiger partial charge in [-0.2, -0.15) is 0 Å². The van der Waals surface area contributed by atoms with E-state index in [1.54, 1.807) is 0 Å². The number of allylic oxidation sites excluding steroid dienone is 3. The lowest BCUT2D eigenvalue weighted by atomic mass is 10.2. The van der Waals surface area contributed by atoms with Gasteiger partial charge in [0.15, 0.2) is 0 Å². The lowest BCUT2D eigenvalue weighted by Crippen LogP contribution is -1.97. The molecule has 1 nitrogen and oxygen atoms in total. The smallest absolute Gasteiger partial charge is 0.00399 e. The molecule has 0 unspecified atom stereocenters. The zero-order chi connectivity index (χ0) is 7.11. The Labute approximate surface area is 57.3 Å². The number of hydrogen-bond donors (Lipinski definition) is 1. The molecule has 0 aromatic carbocycles. The Morgan fingerprint density at radius 3 is 2.67 bits per heavy atom. The molecule has 0 radical (unpaired) electrons. The van der Waals surface area contributed by atoms with Gasteiger partial charge in [0.25, 0.3) is 0 Å². The van der Waals surface area contributed by atoms with Crippen LogP contribution in [0.15, 0.2) is 23.8 Å². The van der Waals surface area contributed by atoms with Crippen molar-refractivity contribution in [2.24, 2.45) is 5.73 Å². The molecule has 0 atom stereocenters. The summed E-state index contributed by atoms with van der Waals surface area (Å²) in [7, 11) is 0. The highest BCUT2D eigenvalue weighted by Gasteiger charge is 1.81. The molecule has 0 aromatic rings. The molecule has 0 amide bonds. The zero-order valence-electron chi connectivity index (χ0n) is 6.22. The van der Waals surface area contributed by atoms with Gasteiger partial charge in [-0.1, -0.05) is 23.8 Å². The van der Waals surface area contributed by atoms with Crippen molar-refractivity contribution in [2.75, 3.05) is 6.54 Å². The van der Waals surface area contributed by atoms with Crippen LogP contribution < -0.4 is 5.73 Å². The summed E-state index contributed by atoms with van der Waals surface area (Å²) in [4.78, 5) is 0. The van der Waals surface area contributed by atoms with E-state index in [1.165, 1.54) is 5.57 Å². The summed E-state index contributed by atoms with van der Waals surface area (Å²) in [5.41, 5.74) is 6.68.